The number of urea groups is 1. The normalized spacial score (nSPS) is 20.6. The molecule has 3 rings (SSSR count). The van der Waals surface area contributed by atoms with Crippen molar-refractivity contribution in [3.8, 4) is 0 Å². The number of nitrogens with zero attached hydrogens (tertiary/aromatic N) is 2. The van der Waals surface area contributed by atoms with E-state index in [9.17, 15) is 14.4 Å². The minimum Gasteiger partial charge on any atom is -0.333 e. The molecule has 0 radical (unpaired) electrons. The molecule has 0 bridgehead atoms. The largest absolute Gasteiger partial charge is 0.333 e. The lowest BCUT2D eigenvalue weighted by atomic mass is 10.1. The van der Waals surface area contributed by atoms with Crippen LogP contribution in [-0.2, 0) is 11.3 Å². The molecule has 0 aliphatic carbocycles. The maximum atomic E-state index is 12.5. The first-order valence-corrected chi connectivity index (χ1v) is 7.75. The van der Waals surface area contributed by atoms with Crippen LogP contribution < -0.4 is 10.6 Å². The zero-order valence-electron chi connectivity index (χ0n) is 13.4. The van der Waals surface area contributed by atoms with Gasteiger partial charge in [0.05, 0.1) is 13.1 Å². The van der Waals surface area contributed by atoms with Gasteiger partial charge < -0.3 is 15.5 Å². The van der Waals surface area contributed by atoms with Crippen molar-refractivity contribution < 1.29 is 14.4 Å². The van der Waals surface area contributed by atoms with Crippen LogP contribution in [0, 0.1) is 0 Å². The molecule has 1 aromatic rings. The summed E-state index contributed by atoms with van der Waals surface area (Å²) in [5.74, 6) is -0.217. The third-order valence-electron chi connectivity index (χ3n) is 4.24. The molecule has 0 saturated carbocycles. The van der Waals surface area contributed by atoms with Gasteiger partial charge in [-0.25, -0.2) is 4.79 Å². The Balaban J connectivity index is 0.00000208. The predicted molar refractivity (Wildman–Crippen MR) is 91.0 cm³/mol. The molecule has 2 aliphatic heterocycles. The first-order valence-electron chi connectivity index (χ1n) is 7.75. The molecule has 1 unspecified atom stereocenters. The van der Waals surface area contributed by atoms with E-state index in [1.807, 2.05) is 11.8 Å². The van der Waals surface area contributed by atoms with E-state index in [4.69, 9.17) is 0 Å². The molecule has 2 N–H and O–H groups in total. The van der Waals surface area contributed by atoms with E-state index in [1.54, 1.807) is 24.3 Å². The molecule has 130 valence electrons. The van der Waals surface area contributed by atoms with Crippen LogP contribution in [0.4, 0.5) is 4.79 Å². The number of halogens is 1. The van der Waals surface area contributed by atoms with E-state index >= 15 is 0 Å². The lowest BCUT2D eigenvalue weighted by Crippen LogP contribution is -2.52. The minimum atomic E-state index is -0.371. The predicted octanol–water partition coefficient (Wildman–Crippen LogP) is 0.594. The molecule has 0 aromatic heterocycles. The fraction of sp³-hybridized carbons (Fsp3) is 0.438. The van der Waals surface area contributed by atoms with Crippen LogP contribution in [0.3, 0.4) is 0 Å². The van der Waals surface area contributed by atoms with Gasteiger partial charge in [0, 0.05) is 31.2 Å². The standard InChI is InChI=1S/C16H20N4O3.ClH/c1-11-8-17-6-7-19(11)15(22)13-4-2-12(3-5-13)10-20-14(21)9-18-16(20)23;/h2-5,11,17H,6-10H2,1H3,(H,18,23);1H. The zero-order valence-corrected chi connectivity index (χ0v) is 14.3. The Morgan fingerprint density at radius 1 is 1.25 bits per heavy atom. The van der Waals surface area contributed by atoms with Gasteiger partial charge in [-0.1, -0.05) is 12.1 Å². The van der Waals surface area contributed by atoms with Crippen LogP contribution in [-0.4, -0.2) is 59.9 Å². The molecule has 8 heteroatoms. The Morgan fingerprint density at radius 3 is 2.54 bits per heavy atom. The van der Waals surface area contributed by atoms with Gasteiger partial charge in [0.2, 0.25) is 5.91 Å². The molecule has 2 aliphatic rings. The molecule has 24 heavy (non-hydrogen) atoms. The molecule has 4 amide bonds. The van der Waals surface area contributed by atoms with Crippen molar-refractivity contribution in [3.05, 3.63) is 35.4 Å². The van der Waals surface area contributed by atoms with Crippen molar-refractivity contribution in [2.24, 2.45) is 0 Å². The Hall–Kier alpha value is -2.12. The van der Waals surface area contributed by atoms with Crippen molar-refractivity contribution >= 4 is 30.3 Å². The number of carbonyl (C=O) groups excluding carboxylic acids is 3. The summed E-state index contributed by atoms with van der Waals surface area (Å²) in [5, 5.41) is 5.75. The van der Waals surface area contributed by atoms with E-state index in [-0.39, 0.29) is 49.4 Å². The number of imide groups is 1. The van der Waals surface area contributed by atoms with E-state index < -0.39 is 0 Å². The molecule has 0 spiro atoms. The van der Waals surface area contributed by atoms with Crippen LogP contribution >= 0.6 is 12.4 Å². The minimum absolute atomic E-state index is 0. The monoisotopic (exact) mass is 352 g/mol. The van der Waals surface area contributed by atoms with Crippen LogP contribution in [0.1, 0.15) is 22.8 Å². The van der Waals surface area contributed by atoms with Gasteiger partial charge >= 0.3 is 6.03 Å². The van der Waals surface area contributed by atoms with E-state index in [0.717, 1.165) is 18.7 Å². The quantitative estimate of drug-likeness (QED) is 0.780. The summed E-state index contributed by atoms with van der Waals surface area (Å²) in [6, 6.07) is 6.89. The molecular weight excluding hydrogens is 332 g/mol. The van der Waals surface area contributed by atoms with Crippen LogP contribution in [0.5, 0.6) is 0 Å². The smallest absolute Gasteiger partial charge is 0.324 e. The van der Waals surface area contributed by atoms with Gasteiger partial charge in [0.15, 0.2) is 0 Å². The third kappa shape index (κ3) is 3.68. The van der Waals surface area contributed by atoms with Gasteiger partial charge in [0.1, 0.15) is 0 Å². The summed E-state index contributed by atoms with van der Waals surface area (Å²) >= 11 is 0. The second-order valence-corrected chi connectivity index (χ2v) is 5.89. The first-order chi connectivity index (χ1) is 11.1. The number of hydrogen-bond donors (Lipinski definition) is 2. The fourth-order valence-corrected chi connectivity index (χ4v) is 2.86. The number of benzene rings is 1. The SMILES string of the molecule is CC1CNCCN1C(=O)c1ccc(CN2C(=O)CNC2=O)cc1.Cl. The Kier molecular flexibility index (Phi) is 5.80. The second kappa shape index (κ2) is 7.63. The summed E-state index contributed by atoms with van der Waals surface area (Å²) in [6.07, 6.45) is 0. The molecule has 1 aromatic carbocycles. The van der Waals surface area contributed by atoms with Crippen molar-refractivity contribution in [3.63, 3.8) is 0 Å². The molecular formula is C16H21ClN4O3. The maximum absolute atomic E-state index is 12.5. The second-order valence-electron chi connectivity index (χ2n) is 5.89. The van der Waals surface area contributed by atoms with Gasteiger partial charge in [-0.05, 0) is 24.6 Å². The number of carbonyl (C=O) groups is 3. The lowest BCUT2D eigenvalue weighted by Gasteiger charge is -2.34. The van der Waals surface area contributed by atoms with Crippen molar-refractivity contribution in [2.75, 3.05) is 26.2 Å². The summed E-state index contributed by atoms with van der Waals surface area (Å²) in [4.78, 5) is 38.7. The van der Waals surface area contributed by atoms with Crippen molar-refractivity contribution in [1.82, 2.24) is 20.4 Å². The maximum Gasteiger partial charge on any atom is 0.324 e. The Labute approximate surface area is 146 Å². The summed E-state index contributed by atoms with van der Waals surface area (Å²) in [5.41, 5.74) is 1.44. The van der Waals surface area contributed by atoms with Gasteiger partial charge in [-0.15, -0.1) is 12.4 Å². The number of rotatable bonds is 3. The topological polar surface area (TPSA) is 81.8 Å². The Bertz CT molecular complexity index is 619. The number of piperazine rings is 1. The van der Waals surface area contributed by atoms with Crippen molar-refractivity contribution in [2.45, 2.75) is 19.5 Å². The molecule has 2 heterocycles. The first kappa shape index (κ1) is 18.2. The van der Waals surface area contributed by atoms with Crippen LogP contribution in [0.15, 0.2) is 24.3 Å². The van der Waals surface area contributed by atoms with E-state index in [2.05, 4.69) is 10.6 Å². The highest BCUT2D eigenvalue weighted by molar-refractivity contribution is 6.01. The Morgan fingerprint density at radius 2 is 1.96 bits per heavy atom. The van der Waals surface area contributed by atoms with E-state index in [0.29, 0.717) is 12.1 Å². The van der Waals surface area contributed by atoms with Crippen LogP contribution in [0.2, 0.25) is 0 Å². The molecule has 1 atom stereocenters. The van der Waals surface area contributed by atoms with Gasteiger partial charge in [0.25, 0.3) is 5.91 Å². The summed E-state index contributed by atoms with van der Waals surface area (Å²) in [7, 11) is 0. The summed E-state index contributed by atoms with van der Waals surface area (Å²) in [6.45, 7) is 4.61. The molecule has 2 saturated heterocycles. The number of nitrogens with one attached hydrogen (secondary N) is 2. The third-order valence-corrected chi connectivity index (χ3v) is 4.24. The highest BCUT2D eigenvalue weighted by Gasteiger charge is 2.28. The number of hydrogen-bond acceptors (Lipinski definition) is 4. The zero-order chi connectivity index (χ0) is 16.4. The van der Waals surface area contributed by atoms with Crippen molar-refractivity contribution in [1.29, 1.82) is 0 Å². The average molecular weight is 353 g/mol. The van der Waals surface area contributed by atoms with E-state index in [1.165, 1.54) is 4.90 Å². The van der Waals surface area contributed by atoms with Crippen LogP contribution in [0.25, 0.3) is 0 Å². The highest BCUT2D eigenvalue weighted by atomic mass is 35.5. The number of amides is 4. The summed E-state index contributed by atoms with van der Waals surface area (Å²) < 4.78 is 0. The highest BCUT2D eigenvalue weighted by Crippen LogP contribution is 2.14. The van der Waals surface area contributed by atoms with Gasteiger partial charge in [-0.2, -0.15) is 0 Å². The van der Waals surface area contributed by atoms with Gasteiger partial charge in [-0.3, -0.25) is 14.5 Å². The lowest BCUT2D eigenvalue weighted by molar-refractivity contribution is -0.125. The molecule has 7 nitrogen and oxygen atoms in total. The average Bonchev–Trinajstić information content (AvgIpc) is 2.87. The fourth-order valence-electron chi connectivity index (χ4n) is 2.86. The molecule has 2 fully saturated rings.